The molecular formula is C17H27N3O6. The van der Waals surface area contributed by atoms with Crippen LogP contribution in [0.5, 0.6) is 0 Å². The quantitative estimate of drug-likeness (QED) is 0.727. The van der Waals surface area contributed by atoms with Crippen molar-refractivity contribution in [2.24, 2.45) is 0 Å². The fourth-order valence-electron chi connectivity index (χ4n) is 2.67. The highest BCUT2D eigenvalue weighted by atomic mass is 16.6. The Kier molecular flexibility index (Phi) is 6.51. The molecule has 26 heavy (non-hydrogen) atoms. The minimum absolute atomic E-state index is 0.155. The maximum Gasteiger partial charge on any atom is 0.351 e. The van der Waals surface area contributed by atoms with Gasteiger partial charge in [0.25, 0.3) is 0 Å². The van der Waals surface area contributed by atoms with Crippen LogP contribution < -0.4 is 11.0 Å². The zero-order valence-electron chi connectivity index (χ0n) is 15.8. The Balaban J connectivity index is 2.26. The molecule has 1 fully saturated rings. The molecule has 2 heterocycles. The molecule has 1 aromatic rings. The van der Waals surface area contributed by atoms with E-state index in [0.29, 0.717) is 6.42 Å². The third-order valence-corrected chi connectivity index (χ3v) is 4.30. The van der Waals surface area contributed by atoms with Crippen LogP contribution in [0.3, 0.4) is 0 Å². The second-order valence-electron chi connectivity index (χ2n) is 6.89. The molecule has 0 spiro atoms. The van der Waals surface area contributed by atoms with E-state index >= 15 is 0 Å². The number of carbonyl (C=O) groups excluding carboxylic acids is 1. The van der Waals surface area contributed by atoms with Crippen molar-refractivity contribution in [1.29, 1.82) is 0 Å². The van der Waals surface area contributed by atoms with Gasteiger partial charge in [0.1, 0.15) is 18.0 Å². The summed E-state index contributed by atoms with van der Waals surface area (Å²) in [5.74, 6) is -0.168. The van der Waals surface area contributed by atoms with E-state index in [-0.39, 0.29) is 18.3 Å². The van der Waals surface area contributed by atoms with Crippen molar-refractivity contribution < 1.29 is 24.1 Å². The zero-order chi connectivity index (χ0) is 19.5. The monoisotopic (exact) mass is 369 g/mol. The number of methoxy groups -OCH3 is 1. The minimum atomic E-state index is -0.889. The number of carbonyl (C=O) groups is 1. The van der Waals surface area contributed by atoms with Crippen LogP contribution in [0.25, 0.3) is 0 Å². The Hall–Kier alpha value is -1.81. The number of aliphatic hydroxyl groups is 1. The van der Waals surface area contributed by atoms with E-state index in [1.54, 1.807) is 7.11 Å². The maximum atomic E-state index is 12.4. The first-order chi connectivity index (χ1) is 12.2. The lowest BCUT2D eigenvalue weighted by molar-refractivity contribution is -0.120. The highest BCUT2D eigenvalue weighted by molar-refractivity contribution is 5.87. The topological polar surface area (TPSA) is 112 Å². The van der Waals surface area contributed by atoms with Crippen LogP contribution >= 0.6 is 0 Å². The standard InChI is InChI=1S/C17H27N3O6/c1-6-11-13(22)14(25-9-17(3,4)24-5)15(26-11)20-8-7-12(18-10(2)21)19-16(20)23/h7-8,11,13-15,22H,6,9H2,1-5H3,(H,18,19,21,23)/t11-,13?,14+,15-/m1/s1. The molecule has 0 saturated carbocycles. The number of anilines is 1. The van der Waals surface area contributed by atoms with Crippen LogP contribution in [0.1, 0.15) is 40.3 Å². The van der Waals surface area contributed by atoms with Crippen LogP contribution in [0, 0.1) is 0 Å². The fourth-order valence-corrected chi connectivity index (χ4v) is 2.67. The van der Waals surface area contributed by atoms with E-state index in [0.717, 1.165) is 0 Å². The lowest BCUT2D eigenvalue weighted by atomic mass is 10.1. The molecule has 1 amide bonds. The van der Waals surface area contributed by atoms with E-state index in [1.807, 2.05) is 20.8 Å². The van der Waals surface area contributed by atoms with Gasteiger partial charge in [0.15, 0.2) is 6.23 Å². The summed E-state index contributed by atoms with van der Waals surface area (Å²) in [4.78, 5) is 27.3. The smallest absolute Gasteiger partial charge is 0.351 e. The molecule has 1 aliphatic heterocycles. The summed E-state index contributed by atoms with van der Waals surface area (Å²) >= 11 is 0. The van der Waals surface area contributed by atoms with Crippen molar-refractivity contribution in [3.63, 3.8) is 0 Å². The van der Waals surface area contributed by atoms with Gasteiger partial charge in [0.2, 0.25) is 5.91 Å². The average molecular weight is 369 g/mol. The van der Waals surface area contributed by atoms with E-state index in [2.05, 4.69) is 10.3 Å². The Morgan fingerprint density at radius 1 is 1.50 bits per heavy atom. The van der Waals surface area contributed by atoms with E-state index in [9.17, 15) is 14.7 Å². The molecule has 9 nitrogen and oxygen atoms in total. The predicted molar refractivity (Wildman–Crippen MR) is 93.8 cm³/mol. The van der Waals surface area contributed by atoms with Gasteiger partial charge >= 0.3 is 5.69 Å². The van der Waals surface area contributed by atoms with Crippen molar-refractivity contribution >= 4 is 11.7 Å². The van der Waals surface area contributed by atoms with Crippen LogP contribution in [-0.2, 0) is 19.0 Å². The Labute approximate surface area is 152 Å². The molecule has 146 valence electrons. The summed E-state index contributed by atoms with van der Waals surface area (Å²) in [5.41, 5.74) is -1.16. The van der Waals surface area contributed by atoms with Crippen molar-refractivity contribution in [2.45, 2.75) is 64.3 Å². The third-order valence-electron chi connectivity index (χ3n) is 4.30. The highest BCUT2D eigenvalue weighted by Gasteiger charge is 2.45. The number of nitrogens with zero attached hydrogens (tertiary/aromatic N) is 2. The second-order valence-corrected chi connectivity index (χ2v) is 6.89. The van der Waals surface area contributed by atoms with Gasteiger partial charge in [-0.2, -0.15) is 4.98 Å². The minimum Gasteiger partial charge on any atom is -0.388 e. The Morgan fingerprint density at radius 2 is 2.19 bits per heavy atom. The third kappa shape index (κ3) is 4.67. The van der Waals surface area contributed by atoms with Crippen LogP contribution in [0.2, 0.25) is 0 Å². The summed E-state index contributed by atoms with van der Waals surface area (Å²) in [5, 5.41) is 13.0. The molecule has 2 N–H and O–H groups in total. The zero-order valence-corrected chi connectivity index (χ0v) is 15.8. The molecule has 1 aromatic heterocycles. The van der Waals surface area contributed by atoms with E-state index in [1.165, 1.54) is 23.8 Å². The van der Waals surface area contributed by atoms with Gasteiger partial charge < -0.3 is 24.6 Å². The molecular weight excluding hydrogens is 342 g/mol. The average Bonchev–Trinajstić information content (AvgIpc) is 2.88. The van der Waals surface area contributed by atoms with Gasteiger partial charge in [-0.15, -0.1) is 0 Å². The SMILES string of the molecule is CC[C@H]1O[C@@H](n2ccc(NC(C)=O)nc2=O)[C@@H](OCC(C)(C)OC)C1O. The first-order valence-electron chi connectivity index (χ1n) is 8.55. The van der Waals surface area contributed by atoms with Gasteiger partial charge in [-0.1, -0.05) is 6.92 Å². The number of rotatable bonds is 7. The van der Waals surface area contributed by atoms with Crippen molar-refractivity contribution in [3.05, 3.63) is 22.7 Å². The van der Waals surface area contributed by atoms with Crippen molar-refractivity contribution in [1.82, 2.24) is 9.55 Å². The number of aliphatic hydroxyl groups excluding tert-OH is 1. The number of ether oxygens (including phenoxy) is 3. The predicted octanol–water partition coefficient (Wildman–Crippen LogP) is 0.680. The molecule has 9 heteroatoms. The molecule has 0 bridgehead atoms. The summed E-state index contributed by atoms with van der Waals surface area (Å²) in [6.45, 7) is 7.15. The lowest BCUT2D eigenvalue weighted by Crippen LogP contribution is -2.41. The molecule has 0 radical (unpaired) electrons. The Morgan fingerprint density at radius 3 is 2.73 bits per heavy atom. The Bertz CT molecular complexity index is 689. The van der Waals surface area contributed by atoms with E-state index < -0.39 is 35.8 Å². The van der Waals surface area contributed by atoms with Crippen LogP contribution in [0.15, 0.2) is 17.1 Å². The maximum absolute atomic E-state index is 12.4. The number of hydrogen-bond donors (Lipinski definition) is 2. The first kappa shape index (κ1) is 20.5. The summed E-state index contributed by atoms with van der Waals surface area (Å²) in [7, 11) is 1.58. The molecule has 1 aliphatic rings. The lowest BCUT2D eigenvalue weighted by Gasteiger charge is -2.28. The first-order valence-corrected chi connectivity index (χ1v) is 8.55. The van der Waals surface area contributed by atoms with Crippen LogP contribution in [0.4, 0.5) is 5.82 Å². The molecule has 4 atom stereocenters. The normalized spacial score (nSPS) is 26.1. The second kappa shape index (κ2) is 8.26. The molecule has 0 aromatic carbocycles. The highest BCUT2D eigenvalue weighted by Crippen LogP contribution is 2.33. The summed E-state index contributed by atoms with van der Waals surface area (Å²) in [6.07, 6.45) is -0.891. The van der Waals surface area contributed by atoms with Crippen LogP contribution in [-0.4, -0.2) is 58.2 Å². The molecule has 2 rings (SSSR count). The number of aromatic nitrogens is 2. The summed E-state index contributed by atoms with van der Waals surface area (Å²) in [6, 6.07) is 1.49. The fraction of sp³-hybridized carbons (Fsp3) is 0.706. The van der Waals surface area contributed by atoms with Gasteiger partial charge in [0, 0.05) is 20.2 Å². The molecule has 1 unspecified atom stereocenters. The van der Waals surface area contributed by atoms with Gasteiger partial charge in [-0.05, 0) is 26.3 Å². The van der Waals surface area contributed by atoms with Gasteiger partial charge in [0.05, 0.1) is 18.3 Å². The van der Waals surface area contributed by atoms with Gasteiger partial charge in [-0.3, -0.25) is 9.36 Å². The molecule has 1 saturated heterocycles. The van der Waals surface area contributed by atoms with Crippen molar-refractivity contribution in [3.8, 4) is 0 Å². The number of hydrogen-bond acceptors (Lipinski definition) is 7. The molecule has 0 aliphatic carbocycles. The summed E-state index contributed by atoms with van der Waals surface area (Å²) < 4.78 is 18.3. The van der Waals surface area contributed by atoms with Crippen molar-refractivity contribution in [2.75, 3.05) is 19.0 Å². The number of nitrogens with one attached hydrogen (secondary N) is 1. The van der Waals surface area contributed by atoms with E-state index in [4.69, 9.17) is 14.2 Å². The largest absolute Gasteiger partial charge is 0.388 e. The van der Waals surface area contributed by atoms with Gasteiger partial charge in [-0.25, -0.2) is 4.79 Å². The number of amides is 1.